The largest absolute Gasteiger partial charge is 0.491 e. The Hall–Kier alpha value is -2.56. The van der Waals surface area contributed by atoms with Crippen LogP contribution in [-0.2, 0) is 4.79 Å². The zero-order chi connectivity index (χ0) is 16.7. The summed E-state index contributed by atoms with van der Waals surface area (Å²) in [5, 5.41) is 5.76. The smallest absolute Gasteiger partial charge is 0.243 e. The Morgan fingerprint density at radius 3 is 2.52 bits per heavy atom. The van der Waals surface area contributed by atoms with Gasteiger partial charge in [0.2, 0.25) is 5.91 Å². The van der Waals surface area contributed by atoms with Crippen LogP contribution in [0.4, 0.5) is 15.8 Å². The number of rotatable bonds is 7. The van der Waals surface area contributed by atoms with Crippen LogP contribution in [0, 0.1) is 11.7 Å². The molecule has 0 radical (unpaired) electrons. The number of halogens is 1. The van der Waals surface area contributed by atoms with Crippen molar-refractivity contribution >= 4 is 17.3 Å². The van der Waals surface area contributed by atoms with E-state index in [0.717, 1.165) is 11.4 Å². The lowest BCUT2D eigenvalue weighted by atomic mass is 10.2. The van der Waals surface area contributed by atoms with Crippen molar-refractivity contribution in [2.24, 2.45) is 5.92 Å². The van der Waals surface area contributed by atoms with Gasteiger partial charge in [-0.05, 0) is 42.3 Å². The molecule has 0 atom stereocenters. The summed E-state index contributed by atoms with van der Waals surface area (Å²) < 4.78 is 18.6. The van der Waals surface area contributed by atoms with Crippen LogP contribution in [0.3, 0.4) is 0 Å². The summed E-state index contributed by atoms with van der Waals surface area (Å²) in [7, 11) is 0. The molecule has 23 heavy (non-hydrogen) atoms. The van der Waals surface area contributed by atoms with Gasteiger partial charge in [0.05, 0.1) is 18.8 Å². The molecule has 4 nitrogen and oxygen atoms in total. The standard InChI is InChI=1S/C18H21FN2O2/c1-13(2)12-23-17-6-4-3-5-16(17)20-11-18(22)21-15-9-7-14(19)8-10-15/h3-10,13,20H,11-12H2,1-2H3,(H,21,22). The Labute approximate surface area is 135 Å². The van der Waals surface area contributed by atoms with Crippen LogP contribution in [-0.4, -0.2) is 19.1 Å². The summed E-state index contributed by atoms with van der Waals surface area (Å²) >= 11 is 0. The third-order valence-corrected chi connectivity index (χ3v) is 3.03. The maximum atomic E-state index is 12.8. The van der Waals surface area contributed by atoms with E-state index >= 15 is 0 Å². The number of anilines is 2. The molecule has 0 bridgehead atoms. The number of carbonyl (C=O) groups is 1. The molecule has 0 fully saturated rings. The molecule has 0 saturated carbocycles. The second-order valence-electron chi connectivity index (χ2n) is 5.61. The van der Waals surface area contributed by atoms with Crippen LogP contribution in [0.25, 0.3) is 0 Å². The highest BCUT2D eigenvalue weighted by atomic mass is 19.1. The highest BCUT2D eigenvalue weighted by Crippen LogP contribution is 2.24. The fourth-order valence-corrected chi connectivity index (χ4v) is 1.91. The van der Waals surface area contributed by atoms with Crippen LogP contribution in [0.1, 0.15) is 13.8 Å². The highest BCUT2D eigenvalue weighted by Gasteiger charge is 2.07. The number of amides is 1. The third-order valence-electron chi connectivity index (χ3n) is 3.03. The maximum absolute atomic E-state index is 12.8. The van der Waals surface area contributed by atoms with Gasteiger partial charge >= 0.3 is 0 Å². The number of hydrogen-bond acceptors (Lipinski definition) is 3. The molecule has 0 saturated heterocycles. The second kappa shape index (κ2) is 8.17. The maximum Gasteiger partial charge on any atom is 0.243 e. The van der Waals surface area contributed by atoms with E-state index in [2.05, 4.69) is 24.5 Å². The van der Waals surface area contributed by atoms with Crippen molar-refractivity contribution in [1.82, 2.24) is 0 Å². The molecule has 0 unspecified atom stereocenters. The summed E-state index contributed by atoms with van der Waals surface area (Å²) in [5.74, 6) is 0.591. The van der Waals surface area contributed by atoms with E-state index in [-0.39, 0.29) is 18.3 Å². The molecule has 0 spiro atoms. The van der Waals surface area contributed by atoms with Gasteiger partial charge in [0.15, 0.2) is 0 Å². The molecule has 0 aromatic heterocycles. The van der Waals surface area contributed by atoms with Crippen molar-refractivity contribution in [1.29, 1.82) is 0 Å². The quantitative estimate of drug-likeness (QED) is 0.814. The molecule has 0 aliphatic carbocycles. The van der Waals surface area contributed by atoms with Gasteiger partial charge in [0.1, 0.15) is 11.6 Å². The number of carbonyl (C=O) groups excluding carboxylic acids is 1. The number of ether oxygens (including phenoxy) is 1. The van der Waals surface area contributed by atoms with Crippen molar-refractivity contribution in [2.75, 3.05) is 23.8 Å². The van der Waals surface area contributed by atoms with Crippen molar-refractivity contribution in [2.45, 2.75) is 13.8 Å². The Morgan fingerprint density at radius 2 is 1.83 bits per heavy atom. The summed E-state index contributed by atoms with van der Waals surface area (Å²) in [5.41, 5.74) is 1.32. The van der Waals surface area contributed by atoms with Crippen LogP contribution in [0.2, 0.25) is 0 Å². The number of nitrogens with one attached hydrogen (secondary N) is 2. The van der Waals surface area contributed by atoms with E-state index in [1.165, 1.54) is 24.3 Å². The fourth-order valence-electron chi connectivity index (χ4n) is 1.91. The Kier molecular flexibility index (Phi) is 5.97. The SMILES string of the molecule is CC(C)COc1ccccc1NCC(=O)Nc1ccc(F)cc1. The first-order valence-corrected chi connectivity index (χ1v) is 7.55. The minimum Gasteiger partial charge on any atom is -0.491 e. The van der Waals surface area contributed by atoms with Gasteiger partial charge < -0.3 is 15.4 Å². The molecule has 5 heteroatoms. The van der Waals surface area contributed by atoms with Crippen LogP contribution in [0.15, 0.2) is 48.5 Å². The lowest BCUT2D eigenvalue weighted by Crippen LogP contribution is -2.22. The first-order chi connectivity index (χ1) is 11.0. The van der Waals surface area contributed by atoms with Crippen molar-refractivity contribution in [3.05, 3.63) is 54.3 Å². The monoisotopic (exact) mass is 316 g/mol. The zero-order valence-electron chi connectivity index (χ0n) is 13.3. The fraction of sp³-hybridized carbons (Fsp3) is 0.278. The Bertz CT molecular complexity index is 642. The minimum atomic E-state index is -0.336. The van der Waals surface area contributed by atoms with Crippen molar-refractivity contribution in [3.63, 3.8) is 0 Å². The van der Waals surface area contributed by atoms with E-state index in [1.807, 2.05) is 24.3 Å². The topological polar surface area (TPSA) is 50.4 Å². The van der Waals surface area contributed by atoms with Crippen LogP contribution < -0.4 is 15.4 Å². The normalized spacial score (nSPS) is 10.4. The molecule has 2 aromatic rings. The molecular formula is C18H21FN2O2. The van der Waals surface area contributed by atoms with E-state index in [9.17, 15) is 9.18 Å². The molecule has 2 N–H and O–H groups in total. The average molecular weight is 316 g/mol. The van der Waals surface area contributed by atoms with Crippen LogP contribution in [0.5, 0.6) is 5.75 Å². The van der Waals surface area contributed by atoms with Crippen LogP contribution >= 0.6 is 0 Å². The van der Waals surface area contributed by atoms with Gasteiger partial charge in [-0.25, -0.2) is 4.39 Å². The summed E-state index contributed by atoms with van der Waals surface area (Å²) in [6.45, 7) is 4.86. The lowest BCUT2D eigenvalue weighted by Gasteiger charge is -2.14. The van der Waals surface area contributed by atoms with Crippen molar-refractivity contribution < 1.29 is 13.9 Å². The van der Waals surface area contributed by atoms with Gasteiger partial charge in [-0.2, -0.15) is 0 Å². The predicted octanol–water partition coefficient (Wildman–Crippen LogP) is 3.91. The van der Waals surface area contributed by atoms with E-state index in [4.69, 9.17) is 4.74 Å². The molecule has 122 valence electrons. The second-order valence-corrected chi connectivity index (χ2v) is 5.61. The molecular weight excluding hydrogens is 295 g/mol. The van der Waals surface area contributed by atoms with Gasteiger partial charge in [-0.3, -0.25) is 4.79 Å². The zero-order valence-corrected chi connectivity index (χ0v) is 13.3. The third kappa shape index (κ3) is 5.62. The number of para-hydroxylation sites is 2. The highest BCUT2D eigenvalue weighted by molar-refractivity contribution is 5.93. The first kappa shape index (κ1) is 16.8. The predicted molar refractivity (Wildman–Crippen MR) is 90.3 cm³/mol. The van der Waals surface area contributed by atoms with E-state index in [1.54, 1.807) is 0 Å². The van der Waals surface area contributed by atoms with Gasteiger partial charge in [0, 0.05) is 5.69 Å². The lowest BCUT2D eigenvalue weighted by molar-refractivity contribution is -0.114. The van der Waals surface area contributed by atoms with Gasteiger partial charge in [0.25, 0.3) is 0 Å². The number of benzene rings is 2. The van der Waals surface area contributed by atoms with E-state index < -0.39 is 0 Å². The summed E-state index contributed by atoms with van der Waals surface area (Å²) in [6.07, 6.45) is 0. The summed E-state index contributed by atoms with van der Waals surface area (Å²) in [6, 6.07) is 13.1. The molecule has 0 heterocycles. The Morgan fingerprint density at radius 1 is 1.13 bits per heavy atom. The van der Waals surface area contributed by atoms with E-state index in [0.29, 0.717) is 18.2 Å². The summed E-state index contributed by atoms with van der Waals surface area (Å²) in [4.78, 5) is 11.9. The average Bonchev–Trinajstić information content (AvgIpc) is 2.54. The van der Waals surface area contributed by atoms with Crippen molar-refractivity contribution in [3.8, 4) is 5.75 Å². The molecule has 2 aromatic carbocycles. The number of hydrogen-bond donors (Lipinski definition) is 2. The minimum absolute atomic E-state index is 0.0967. The molecule has 1 amide bonds. The molecule has 2 rings (SSSR count). The Balaban J connectivity index is 1.89. The molecule has 0 aliphatic heterocycles. The van der Waals surface area contributed by atoms with Gasteiger partial charge in [-0.1, -0.05) is 26.0 Å². The van der Waals surface area contributed by atoms with Gasteiger partial charge in [-0.15, -0.1) is 0 Å². The first-order valence-electron chi connectivity index (χ1n) is 7.55. The molecule has 0 aliphatic rings.